The lowest BCUT2D eigenvalue weighted by molar-refractivity contribution is 0.600. The van der Waals surface area contributed by atoms with Crippen LogP contribution in [0.3, 0.4) is 0 Å². The average molecular weight is 244 g/mol. The van der Waals surface area contributed by atoms with Crippen LogP contribution in [0.1, 0.15) is 29.3 Å². The Balaban J connectivity index is 1.99. The van der Waals surface area contributed by atoms with Gasteiger partial charge in [0.2, 0.25) is 0 Å². The molecule has 2 aromatic rings. The maximum atomic E-state index is 13.4. The maximum absolute atomic E-state index is 13.4. The normalized spacial score (nSPS) is 12.4. The molecule has 0 saturated heterocycles. The molecule has 18 heavy (non-hydrogen) atoms. The highest BCUT2D eigenvalue weighted by Crippen LogP contribution is 2.18. The van der Waals surface area contributed by atoms with Crippen LogP contribution in [0.2, 0.25) is 0 Å². The molecule has 2 N–H and O–H groups in total. The lowest BCUT2D eigenvalue weighted by atomic mass is 10.0. The van der Waals surface area contributed by atoms with E-state index in [1.807, 2.05) is 24.3 Å². The van der Waals surface area contributed by atoms with Gasteiger partial charge in [-0.15, -0.1) is 0 Å². The molecule has 0 saturated carbocycles. The quantitative estimate of drug-likeness (QED) is 0.897. The van der Waals surface area contributed by atoms with Crippen molar-refractivity contribution >= 4 is 0 Å². The Bertz CT molecular complexity index is 511. The minimum Gasteiger partial charge on any atom is -0.324 e. The van der Waals surface area contributed by atoms with E-state index in [1.54, 1.807) is 19.2 Å². The van der Waals surface area contributed by atoms with Crippen molar-refractivity contribution in [3.8, 4) is 0 Å². The largest absolute Gasteiger partial charge is 0.324 e. The van der Waals surface area contributed by atoms with Crippen LogP contribution in [0.25, 0.3) is 0 Å². The molecule has 0 spiro atoms. The number of halogens is 1. The Kier molecular flexibility index (Phi) is 4.05. The second-order valence-electron chi connectivity index (χ2n) is 4.47. The van der Waals surface area contributed by atoms with Crippen molar-refractivity contribution < 1.29 is 4.39 Å². The first-order chi connectivity index (χ1) is 8.66. The number of rotatable bonds is 4. The smallest absolute Gasteiger partial charge is 0.126 e. The van der Waals surface area contributed by atoms with Gasteiger partial charge in [-0.2, -0.15) is 0 Å². The van der Waals surface area contributed by atoms with Gasteiger partial charge in [0.1, 0.15) is 5.82 Å². The van der Waals surface area contributed by atoms with Crippen molar-refractivity contribution in [3.63, 3.8) is 0 Å². The predicted molar refractivity (Wildman–Crippen MR) is 70.6 cm³/mol. The van der Waals surface area contributed by atoms with Crippen LogP contribution in [0.4, 0.5) is 4.39 Å². The second-order valence-corrected chi connectivity index (χ2v) is 4.47. The van der Waals surface area contributed by atoms with Crippen LogP contribution in [-0.4, -0.2) is 4.98 Å². The third-order valence-electron chi connectivity index (χ3n) is 3.06. The summed E-state index contributed by atoms with van der Waals surface area (Å²) in [5.74, 6) is -0.194. The number of aryl methyl sites for hydroxylation is 2. The third-order valence-corrected chi connectivity index (χ3v) is 3.06. The van der Waals surface area contributed by atoms with E-state index < -0.39 is 0 Å². The number of hydrogen-bond donors (Lipinski definition) is 1. The van der Waals surface area contributed by atoms with Gasteiger partial charge in [0.15, 0.2) is 0 Å². The Morgan fingerprint density at radius 3 is 2.78 bits per heavy atom. The first-order valence-corrected chi connectivity index (χ1v) is 6.08. The average Bonchev–Trinajstić information content (AvgIpc) is 2.40. The van der Waals surface area contributed by atoms with E-state index in [4.69, 9.17) is 5.73 Å². The van der Waals surface area contributed by atoms with Gasteiger partial charge in [0, 0.05) is 17.9 Å². The minimum absolute atomic E-state index is 0.151. The SMILES string of the molecule is Cc1ccc(C(N)CCc2ccccn2)cc1F. The zero-order valence-corrected chi connectivity index (χ0v) is 10.4. The first kappa shape index (κ1) is 12.7. The molecule has 2 rings (SSSR count). The summed E-state index contributed by atoms with van der Waals surface area (Å²) in [6.07, 6.45) is 3.34. The van der Waals surface area contributed by atoms with Crippen LogP contribution in [0.15, 0.2) is 42.6 Å². The third kappa shape index (κ3) is 3.14. The van der Waals surface area contributed by atoms with Crippen LogP contribution in [-0.2, 0) is 6.42 Å². The van der Waals surface area contributed by atoms with Crippen molar-refractivity contribution in [1.29, 1.82) is 0 Å². The Morgan fingerprint density at radius 2 is 2.11 bits per heavy atom. The Labute approximate surface area is 107 Å². The summed E-state index contributed by atoms with van der Waals surface area (Å²) in [7, 11) is 0. The summed E-state index contributed by atoms with van der Waals surface area (Å²) in [5.41, 5.74) is 8.57. The molecule has 0 radical (unpaired) electrons. The molecule has 0 fully saturated rings. The number of benzene rings is 1. The molecular formula is C15H17FN2. The van der Waals surface area contributed by atoms with Crippen molar-refractivity contribution in [2.24, 2.45) is 5.73 Å². The molecule has 1 aromatic carbocycles. The van der Waals surface area contributed by atoms with Crippen LogP contribution < -0.4 is 5.73 Å². The van der Waals surface area contributed by atoms with Gasteiger partial charge in [-0.25, -0.2) is 4.39 Å². The van der Waals surface area contributed by atoms with Gasteiger partial charge in [-0.3, -0.25) is 4.98 Å². The minimum atomic E-state index is -0.194. The van der Waals surface area contributed by atoms with E-state index in [0.29, 0.717) is 5.56 Å². The van der Waals surface area contributed by atoms with E-state index in [2.05, 4.69) is 4.98 Å². The fourth-order valence-electron chi connectivity index (χ4n) is 1.86. The van der Waals surface area contributed by atoms with Crippen molar-refractivity contribution in [1.82, 2.24) is 4.98 Å². The molecule has 1 unspecified atom stereocenters. The van der Waals surface area contributed by atoms with Crippen molar-refractivity contribution in [2.45, 2.75) is 25.8 Å². The van der Waals surface area contributed by atoms with Crippen molar-refractivity contribution in [3.05, 3.63) is 65.2 Å². The monoisotopic (exact) mass is 244 g/mol. The Hall–Kier alpha value is -1.74. The molecule has 1 atom stereocenters. The van der Waals surface area contributed by atoms with E-state index in [0.717, 1.165) is 24.1 Å². The highest BCUT2D eigenvalue weighted by atomic mass is 19.1. The Morgan fingerprint density at radius 1 is 1.28 bits per heavy atom. The zero-order valence-electron chi connectivity index (χ0n) is 10.4. The molecule has 3 heteroatoms. The molecule has 0 aliphatic heterocycles. The molecule has 94 valence electrons. The number of hydrogen-bond acceptors (Lipinski definition) is 2. The van der Waals surface area contributed by atoms with Crippen LogP contribution >= 0.6 is 0 Å². The summed E-state index contributed by atoms with van der Waals surface area (Å²) >= 11 is 0. The molecule has 0 bridgehead atoms. The second kappa shape index (κ2) is 5.74. The summed E-state index contributed by atoms with van der Waals surface area (Å²) in [5, 5.41) is 0. The molecule has 1 heterocycles. The summed E-state index contributed by atoms with van der Waals surface area (Å²) in [6, 6.07) is 10.9. The van der Waals surface area contributed by atoms with Crippen LogP contribution in [0.5, 0.6) is 0 Å². The van der Waals surface area contributed by atoms with E-state index in [9.17, 15) is 4.39 Å². The highest BCUT2D eigenvalue weighted by Gasteiger charge is 2.08. The lowest BCUT2D eigenvalue weighted by Crippen LogP contribution is -2.12. The summed E-state index contributed by atoms with van der Waals surface area (Å²) in [6.45, 7) is 1.75. The maximum Gasteiger partial charge on any atom is 0.126 e. The summed E-state index contributed by atoms with van der Waals surface area (Å²) in [4.78, 5) is 4.25. The van der Waals surface area contributed by atoms with Gasteiger partial charge in [0.05, 0.1) is 0 Å². The highest BCUT2D eigenvalue weighted by molar-refractivity contribution is 5.25. The predicted octanol–water partition coefficient (Wildman–Crippen LogP) is 3.16. The summed E-state index contributed by atoms with van der Waals surface area (Å²) < 4.78 is 13.4. The fraction of sp³-hybridized carbons (Fsp3) is 0.267. The van der Waals surface area contributed by atoms with E-state index in [1.165, 1.54) is 6.07 Å². The van der Waals surface area contributed by atoms with Gasteiger partial charge in [-0.1, -0.05) is 18.2 Å². The van der Waals surface area contributed by atoms with E-state index in [-0.39, 0.29) is 11.9 Å². The molecule has 2 nitrogen and oxygen atoms in total. The topological polar surface area (TPSA) is 38.9 Å². The van der Waals surface area contributed by atoms with E-state index >= 15 is 0 Å². The first-order valence-electron chi connectivity index (χ1n) is 6.08. The lowest BCUT2D eigenvalue weighted by Gasteiger charge is -2.12. The molecular weight excluding hydrogens is 227 g/mol. The number of pyridine rings is 1. The van der Waals surface area contributed by atoms with Crippen molar-refractivity contribution in [2.75, 3.05) is 0 Å². The van der Waals surface area contributed by atoms with Gasteiger partial charge in [0.25, 0.3) is 0 Å². The molecule has 0 aliphatic rings. The van der Waals surface area contributed by atoms with Crippen LogP contribution in [0, 0.1) is 12.7 Å². The number of nitrogens with zero attached hydrogens (tertiary/aromatic N) is 1. The number of nitrogens with two attached hydrogens (primary N) is 1. The zero-order chi connectivity index (χ0) is 13.0. The van der Waals surface area contributed by atoms with Gasteiger partial charge in [-0.05, 0) is 49.1 Å². The molecule has 1 aromatic heterocycles. The van der Waals surface area contributed by atoms with Gasteiger partial charge >= 0.3 is 0 Å². The van der Waals surface area contributed by atoms with Gasteiger partial charge < -0.3 is 5.73 Å². The fourth-order valence-corrected chi connectivity index (χ4v) is 1.86. The molecule has 0 amide bonds. The number of aromatic nitrogens is 1. The standard InChI is InChI=1S/C15H17FN2/c1-11-5-6-12(10-14(11)16)15(17)8-7-13-4-2-3-9-18-13/h2-6,9-10,15H,7-8,17H2,1H3. The molecule has 0 aliphatic carbocycles.